The Morgan fingerprint density at radius 2 is 1.74 bits per heavy atom. The summed E-state index contributed by atoms with van der Waals surface area (Å²) in [6, 6.07) is 19.5. The number of carbonyl (C=O) groups excluding carboxylic acids is 2. The topological polar surface area (TPSA) is 84.4 Å². The van der Waals surface area contributed by atoms with Crippen LogP contribution in [0, 0.1) is 0 Å². The molecule has 0 unspecified atom stereocenters. The van der Waals surface area contributed by atoms with Crippen LogP contribution in [0.15, 0.2) is 73.2 Å². The number of nitrogens with one attached hydrogen (secondary N) is 1. The largest absolute Gasteiger partial charge is 0.378 e. The van der Waals surface area contributed by atoms with E-state index in [0.717, 1.165) is 38.8 Å². The number of hydrogen-bond donors (Lipinski definition) is 1. The van der Waals surface area contributed by atoms with E-state index in [1.165, 1.54) is 13.3 Å². The summed E-state index contributed by atoms with van der Waals surface area (Å²) in [5, 5.41) is 3.75. The van der Waals surface area contributed by atoms with Crippen LogP contribution in [0.25, 0.3) is 33.2 Å². The molecular weight excluding hydrogens is 428 g/mol. The first-order chi connectivity index (χ1) is 16.6. The number of rotatable bonds is 4. The van der Waals surface area contributed by atoms with E-state index in [9.17, 15) is 9.59 Å². The zero-order valence-corrected chi connectivity index (χ0v) is 18.8. The van der Waals surface area contributed by atoms with Gasteiger partial charge in [-0.1, -0.05) is 24.3 Å². The molecule has 1 fully saturated rings. The third-order valence-electron chi connectivity index (χ3n) is 5.86. The van der Waals surface area contributed by atoms with Crippen LogP contribution in [0.1, 0.15) is 17.3 Å². The van der Waals surface area contributed by atoms with Gasteiger partial charge in [0, 0.05) is 48.4 Å². The number of morpholine rings is 1. The van der Waals surface area contributed by atoms with Crippen LogP contribution < -0.4 is 5.32 Å². The van der Waals surface area contributed by atoms with Crippen molar-refractivity contribution < 1.29 is 14.3 Å². The van der Waals surface area contributed by atoms with E-state index < -0.39 is 0 Å². The summed E-state index contributed by atoms with van der Waals surface area (Å²) in [7, 11) is 0. The Labute approximate surface area is 197 Å². The van der Waals surface area contributed by atoms with Crippen LogP contribution in [-0.2, 0) is 9.53 Å². The molecule has 2 heterocycles. The van der Waals surface area contributed by atoms with E-state index in [1.807, 2.05) is 53.4 Å². The van der Waals surface area contributed by atoms with E-state index in [4.69, 9.17) is 4.74 Å². The van der Waals surface area contributed by atoms with Gasteiger partial charge < -0.3 is 15.0 Å². The maximum absolute atomic E-state index is 12.8. The standard InChI is InChI=1S/C27H24N4O3/c1-18(32)30-24-4-2-3-21(14-24)25-15-22(13-23-16-28-17-29-26(23)25)19-5-7-20(8-6-19)27(33)31-9-11-34-12-10-31/h2-8,13-17H,9-12H2,1H3,(H,30,32). The third-order valence-corrected chi connectivity index (χ3v) is 5.86. The van der Waals surface area contributed by atoms with Crippen LogP contribution in [0.3, 0.4) is 0 Å². The molecule has 0 saturated carbocycles. The predicted molar refractivity (Wildman–Crippen MR) is 131 cm³/mol. The molecule has 1 aliphatic heterocycles. The Hall–Kier alpha value is -4.10. The van der Waals surface area contributed by atoms with Crippen LogP contribution in [0.2, 0.25) is 0 Å². The summed E-state index contributed by atoms with van der Waals surface area (Å²) < 4.78 is 5.35. The number of carbonyl (C=O) groups is 2. The van der Waals surface area contributed by atoms with Crippen molar-refractivity contribution >= 4 is 28.4 Å². The number of fused-ring (bicyclic) bond motifs is 1. The molecule has 1 N–H and O–H groups in total. The van der Waals surface area contributed by atoms with E-state index in [2.05, 4.69) is 27.4 Å². The lowest BCUT2D eigenvalue weighted by atomic mass is 9.95. The van der Waals surface area contributed by atoms with Crippen molar-refractivity contribution in [1.82, 2.24) is 14.9 Å². The molecule has 0 atom stereocenters. The fourth-order valence-corrected chi connectivity index (χ4v) is 4.21. The lowest BCUT2D eigenvalue weighted by Crippen LogP contribution is -2.40. The molecule has 7 nitrogen and oxygen atoms in total. The highest BCUT2D eigenvalue weighted by atomic mass is 16.5. The molecule has 5 rings (SSSR count). The average molecular weight is 453 g/mol. The minimum atomic E-state index is -0.121. The van der Waals surface area contributed by atoms with Gasteiger partial charge in [0.2, 0.25) is 5.91 Å². The lowest BCUT2D eigenvalue weighted by molar-refractivity contribution is -0.114. The molecule has 1 aromatic heterocycles. The summed E-state index contributed by atoms with van der Waals surface area (Å²) in [6.45, 7) is 3.88. The maximum atomic E-state index is 12.8. The normalized spacial score (nSPS) is 13.6. The van der Waals surface area contributed by atoms with Crippen molar-refractivity contribution in [2.24, 2.45) is 0 Å². The van der Waals surface area contributed by atoms with Gasteiger partial charge in [0.15, 0.2) is 0 Å². The first-order valence-corrected chi connectivity index (χ1v) is 11.2. The SMILES string of the molecule is CC(=O)Nc1cccc(-c2cc(-c3ccc(C(=O)N4CCOCC4)cc3)cc3cncnc23)c1. The van der Waals surface area contributed by atoms with Crippen molar-refractivity contribution in [2.45, 2.75) is 6.92 Å². The highest BCUT2D eigenvalue weighted by molar-refractivity contribution is 5.99. The molecule has 7 heteroatoms. The Morgan fingerprint density at radius 3 is 2.50 bits per heavy atom. The van der Waals surface area contributed by atoms with Gasteiger partial charge in [-0.15, -0.1) is 0 Å². The number of anilines is 1. The summed E-state index contributed by atoms with van der Waals surface area (Å²) in [5.41, 5.74) is 6.09. The average Bonchev–Trinajstić information content (AvgIpc) is 2.88. The third kappa shape index (κ3) is 4.51. The molecule has 2 amide bonds. The molecule has 4 aromatic rings. The molecule has 0 aliphatic carbocycles. The number of benzene rings is 3. The second-order valence-electron chi connectivity index (χ2n) is 8.23. The lowest BCUT2D eigenvalue weighted by Gasteiger charge is -2.26. The van der Waals surface area contributed by atoms with Gasteiger partial charge in [0.1, 0.15) is 6.33 Å². The van der Waals surface area contributed by atoms with E-state index >= 15 is 0 Å². The van der Waals surface area contributed by atoms with Gasteiger partial charge in [-0.25, -0.2) is 9.97 Å². The van der Waals surface area contributed by atoms with Gasteiger partial charge in [-0.2, -0.15) is 0 Å². The van der Waals surface area contributed by atoms with Crippen molar-refractivity contribution in [1.29, 1.82) is 0 Å². The first-order valence-electron chi connectivity index (χ1n) is 11.2. The van der Waals surface area contributed by atoms with Gasteiger partial charge in [-0.3, -0.25) is 9.59 Å². The highest BCUT2D eigenvalue weighted by Gasteiger charge is 2.18. The number of ether oxygens (including phenoxy) is 1. The Bertz CT molecular complexity index is 1360. The highest BCUT2D eigenvalue weighted by Crippen LogP contribution is 2.34. The number of amides is 2. The van der Waals surface area contributed by atoms with Gasteiger partial charge >= 0.3 is 0 Å². The summed E-state index contributed by atoms with van der Waals surface area (Å²) in [4.78, 5) is 34.9. The monoisotopic (exact) mass is 452 g/mol. The van der Waals surface area contributed by atoms with Gasteiger partial charge in [0.25, 0.3) is 5.91 Å². The summed E-state index contributed by atoms with van der Waals surface area (Å²) in [5.74, 6) is -0.0953. The van der Waals surface area contributed by atoms with Crippen LogP contribution in [0.4, 0.5) is 5.69 Å². The molecule has 1 saturated heterocycles. The fourth-order valence-electron chi connectivity index (χ4n) is 4.21. The molecular formula is C27H24N4O3. The van der Waals surface area contributed by atoms with E-state index in [-0.39, 0.29) is 11.8 Å². The molecule has 0 spiro atoms. The zero-order valence-electron chi connectivity index (χ0n) is 18.8. The number of aromatic nitrogens is 2. The molecule has 1 aliphatic rings. The molecule has 3 aromatic carbocycles. The van der Waals surface area contributed by atoms with Crippen molar-refractivity contribution in [2.75, 3.05) is 31.6 Å². The van der Waals surface area contributed by atoms with Crippen molar-refractivity contribution in [3.8, 4) is 22.3 Å². The first kappa shape index (κ1) is 21.7. The summed E-state index contributed by atoms with van der Waals surface area (Å²) in [6.07, 6.45) is 3.33. The molecule has 34 heavy (non-hydrogen) atoms. The van der Waals surface area contributed by atoms with E-state index in [1.54, 1.807) is 6.20 Å². The van der Waals surface area contributed by atoms with Crippen LogP contribution >= 0.6 is 0 Å². The number of nitrogens with zero attached hydrogens (tertiary/aromatic N) is 3. The minimum Gasteiger partial charge on any atom is -0.378 e. The Morgan fingerprint density at radius 1 is 0.941 bits per heavy atom. The molecule has 170 valence electrons. The number of hydrogen-bond acceptors (Lipinski definition) is 5. The Kier molecular flexibility index (Phi) is 6.01. The summed E-state index contributed by atoms with van der Waals surface area (Å²) >= 11 is 0. The maximum Gasteiger partial charge on any atom is 0.254 e. The van der Waals surface area contributed by atoms with Crippen LogP contribution in [-0.4, -0.2) is 53.0 Å². The van der Waals surface area contributed by atoms with Crippen molar-refractivity contribution in [3.05, 3.63) is 78.8 Å². The molecule has 0 bridgehead atoms. The fraction of sp³-hybridized carbons (Fsp3) is 0.185. The second kappa shape index (κ2) is 9.41. The van der Waals surface area contributed by atoms with Crippen LogP contribution in [0.5, 0.6) is 0 Å². The predicted octanol–water partition coefficient (Wildman–Crippen LogP) is 4.39. The smallest absolute Gasteiger partial charge is 0.254 e. The van der Waals surface area contributed by atoms with E-state index in [0.29, 0.717) is 31.9 Å². The second-order valence-corrected chi connectivity index (χ2v) is 8.23. The quantitative estimate of drug-likeness (QED) is 0.496. The zero-order chi connectivity index (χ0) is 23.5. The minimum absolute atomic E-state index is 0.0252. The van der Waals surface area contributed by atoms with Gasteiger partial charge in [-0.05, 0) is 53.1 Å². The van der Waals surface area contributed by atoms with Crippen molar-refractivity contribution in [3.63, 3.8) is 0 Å². The van der Waals surface area contributed by atoms with Gasteiger partial charge in [0.05, 0.1) is 18.7 Å². The molecule has 0 radical (unpaired) electrons. The Balaban J connectivity index is 1.52.